The highest BCUT2D eigenvalue weighted by molar-refractivity contribution is 5.85. The van der Waals surface area contributed by atoms with Crippen LogP contribution in [0.4, 0.5) is 18.0 Å². The summed E-state index contributed by atoms with van der Waals surface area (Å²) in [5.74, 6) is -0.455. The predicted octanol–water partition coefficient (Wildman–Crippen LogP) is 6.46. The summed E-state index contributed by atoms with van der Waals surface area (Å²) in [6, 6.07) is 11.0. The Labute approximate surface area is 245 Å². The molecule has 1 N–H and O–H groups in total. The van der Waals surface area contributed by atoms with Gasteiger partial charge < -0.3 is 19.7 Å². The summed E-state index contributed by atoms with van der Waals surface area (Å²) in [4.78, 5) is 31.3. The number of aromatic nitrogens is 1. The maximum atomic E-state index is 13.3. The van der Waals surface area contributed by atoms with Gasteiger partial charge in [-0.3, -0.25) is 4.79 Å². The zero-order valence-corrected chi connectivity index (χ0v) is 24.9. The van der Waals surface area contributed by atoms with Crippen LogP contribution in [0.25, 0.3) is 0 Å². The highest BCUT2D eigenvalue weighted by Crippen LogP contribution is 2.34. The Morgan fingerprint density at radius 1 is 1.12 bits per heavy atom. The van der Waals surface area contributed by atoms with Crippen molar-refractivity contribution < 1.29 is 32.2 Å². The van der Waals surface area contributed by atoms with E-state index in [1.54, 1.807) is 11.0 Å². The van der Waals surface area contributed by atoms with Crippen LogP contribution in [0.15, 0.2) is 42.6 Å². The van der Waals surface area contributed by atoms with E-state index in [1.807, 2.05) is 45.9 Å². The van der Waals surface area contributed by atoms with Crippen molar-refractivity contribution in [3.8, 4) is 11.9 Å². The molecule has 0 aliphatic carbocycles. The molecule has 2 heterocycles. The number of nitriles is 1. The summed E-state index contributed by atoms with van der Waals surface area (Å²) in [5, 5.41) is 12.5. The van der Waals surface area contributed by atoms with Crippen molar-refractivity contribution in [2.45, 2.75) is 90.1 Å². The molecule has 1 aliphatic heterocycles. The average molecular weight is 589 g/mol. The van der Waals surface area contributed by atoms with Crippen molar-refractivity contribution in [1.29, 1.82) is 5.26 Å². The SMILES string of the molecule is CC(NC(=O)C(C)(C)Oc1ccc(C(F)(F)F)cn1)C(CC1CCN(C(=O)OC(C)(C)C)CC1)c1cccc(C#N)c1. The molecule has 42 heavy (non-hydrogen) atoms. The topological polar surface area (TPSA) is 105 Å². The molecule has 2 atom stereocenters. The highest BCUT2D eigenvalue weighted by Gasteiger charge is 2.36. The van der Waals surface area contributed by atoms with Gasteiger partial charge in [0.15, 0.2) is 5.60 Å². The van der Waals surface area contributed by atoms with Crippen LogP contribution >= 0.6 is 0 Å². The minimum Gasteiger partial charge on any atom is -0.462 e. The van der Waals surface area contributed by atoms with Crippen LogP contribution < -0.4 is 10.1 Å². The molecule has 2 unspecified atom stereocenters. The number of hydrogen-bond donors (Lipinski definition) is 1. The average Bonchev–Trinajstić information content (AvgIpc) is 2.90. The molecule has 11 heteroatoms. The second-order valence-corrected chi connectivity index (χ2v) is 12.2. The van der Waals surface area contributed by atoms with Gasteiger partial charge in [0.2, 0.25) is 5.88 Å². The molecule has 1 aromatic carbocycles. The van der Waals surface area contributed by atoms with Gasteiger partial charge in [0.05, 0.1) is 17.2 Å². The van der Waals surface area contributed by atoms with Gasteiger partial charge in [0.1, 0.15) is 5.60 Å². The highest BCUT2D eigenvalue weighted by atomic mass is 19.4. The quantitative estimate of drug-likeness (QED) is 0.380. The number of rotatable bonds is 8. The Morgan fingerprint density at radius 3 is 2.33 bits per heavy atom. The normalized spacial score (nSPS) is 16.2. The Morgan fingerprint density at radius 2 is 1.79 bits per heavy atom. The third-order valence-corrected chi connectivity index (χ3v) is 7.23. The first kappa shape index (κ1) is 32.7. The van der Waals surface area contributed by atoms with Crippen LogP contribution in [0.1, 0.15) is 83.4 Å². The smallest absolute Gasteiger partial charge is 0.417 e. The summed E-state index contributed by atoms with van der Waals surface area (Å²) >= 11 is 0. The molecule has 1 aliphatic rings. The molecule has 0 bridgehead atoms. The zero-order valence-electron chi connectivity index (χ0n) is 24.9. The zero-order chi connectivity index (χ0) is 31.3. The number of nitrogens with zero attached hydrogens (tertiary/aromatic N) is 3. The van der Waals surface area contributed by atoms with Crippen LogP contribution in [0.5, 0.6) is 5.88 Å². The Bertz CT molecular complexity index is 1270. The van der Waals surface area contributed by atoms with E-state index in [0.29, 0.717) is 31.3 Å². The number of carbonyl (C=O) groups excluding carboxylic acids is 2. The fourth-order valence-electron chi connectivity index (χ4n) is 4.90. The first-order valence-corrected chi connectivity index (χ1v) is 14.0. The Kier molecular flexibility index (Phi) is 10.1. The van der Waals surface area contributed by atoms with Gasteiger partial charge in [-0.2, -0.15) is 18.4 Å². The fourth-order valence-corrected chi connectivity index (χ4v) is 4.90. The minimum atomic E-state index is -4.53. The number of likely N-dealkylation sites (tertiary alicyclic amines) is 1. The van der Waals surface area contributed by atoms with Crippen LogP contribution in [0, 0.1) is 17.2 Å². The van der Waals surface area contributed by atoms with E-state index in [0.717, 1.165) is 30.5 Å². The van der Waals surface area contributed by atoms with Gasteiger partial charge in [-0.05, 0) is 90.5 Å². The van der Waals surface area contributed by atoms with Crippen LogP contribution in [0.3, 0.4) is 0 Å². The molecule has 228 valence electrons. The number of benzene rings is 1. The number of pyridine rings is 1. The van der Waals surface area contributed by atoms with Gasteiger partial charge in [-0.15, -0.1) is 0 Å². The van der Waals surface area contributed by atoms with E-state index in [9.17, 15) is 28.0 Å². The monoisotopic (exact) mass is 588 g/mol. The van der Waals surface area contributed by atoms with E-state index >= 15 is 0 Å². The molecular formula is C31H39F3N4O4. The molecule has 0 spiro atoms. The summed E-state index contributed by atoms with van der Waals surface area (Å²) < 4.78 is 49.9. The maximum absolute atomic E-state index is 13.3. The number of hydrogen-bond acceptors (Lipinski definition) is 6. The number of amides is 2. The molecule has 2 amide bonds. The lowest BCUT2D eigenvalue weighted by Crippen LogP contribution is -2.51. The number of nitrogens with one attached hydrogen (secondary N) is 1. The van der Waals surface area contributed by atoms with Crippen LogP contribution in [-0.2, 0) is 15.7 Å². The van der Waals surface area contributed by atoms with Gasteiger partial charge in [-0.25, -0.2) is 9.78 Å². The summed E-state index contributed by atoms with van der Waals surface area (Å²) in [7, 11) is 0. The van der Waals surface area contributed by atoms with Gasteiger partial charge in [0.25, 0.3) is 5.91 Å². The van der Waals surface area contributed by atoms with Crippen LogP contribution in [0.2, 0.25) is 0 Å². The molecule has 0 radical (unpaired) electrons. The van der Waals surface area contributed by atoms with E-state index < -0.39 is 28.8 Å². The lowest BCUT2D eigenvalue weighted by atomic mass is 9.80. The molecule has 1 saturated heterocycles. The summed E-state index contributed by atoms with van der Waals surface area (Å²) in [6.45, 7) is 11.5. The molecule has 3 rings (SSSR count). The molecular weight excluding hydrogens is 549 g/mol. The second kappa shape index (κ2) is 13.0. The van der Waals surface area contributed by atoms with Gasteiger partial charge in [-0.1, -0.05) is 12.1 Å². The van der Waals surface area contributed by atoms with Crippen molar-refractivity contribution in [2.75, 3.05) is 13.1 Å². The number of carbonyl (C=O) groups is 2. The van der Waals surface area contributed by atoms with Crippen molar-refractivity contribution in [3.63, 3.8) is 0 Å². The van der Waals surface area contributed by atoms with E-state index in [1.165, 1.54) is 13.8 Å². The molecule has 1 aromatic heterocycles. The summed E-state index contributed by atoms with van der Waals surface area (Å²) in [6.07, 6.45) is -1.95. The number of alkyl halides is 3. The molecule has 0 saturated carbocycles. The maximum Gasteiger partial charge on any atom is 0.417 e. The van der Waals surface area contributed by atoms with Crippen molar-refractivity contribution in [1.82, 2.24) is 15.2 Å². The number of piperidine rings is 1. The van der Waals surface area contributed by atoms with E-state index in [2.05, 4.69) is 16.4 Å². The first-order chi connectivity index (χ1) is 19.5. The largest absolute Gasteiger partial charge is 0.462 e. The third-order valence-electron chi connectivity index (χ3n) is 7.23. The fraction of sp³-hybridized carbons (Fsp3) is 0.548. The summed E-state index contributed by atoms with van der Waals surface area (Å²) in [5.41, 5.74) is -1.51. The van der Waals surface area contributed by atoms with Crippen molar-refractivity contribution >= 4 is 12.0 Å². The number of halogens is 3. The van der Waals surface area contributed by atoms with Gasteiger partial charge in [0, 0.05) is 37.3 Å². The number of ether oxygens (including phenoxy) is 2. The van der Waals surface area contributed by atoms with Gasteiger partial charge >= 0.3 is 12.3 Å². The predicted molar refractivity (Wildman–Crippen MR) is 151 cm³/mol. The second-order valence-electron chi connectivity index (χ2n) is 12.2. The van der Waals surface area contributed by atoms with Crippen molar-refractivity contribution in [2.24, 2.45) is 5.92 Å². The molecule has 2 aromatic rings. The Balaban J connectivity index is 1.71. The van der Waals surface area contributed by atoms with E-state index in [-0.39, 0.29) is 29.9 Å². The minimum absolute atomic E-state index is 0.106. The standard InChI is InChI=1S/C31H39F3N4O4/c1-20(37-27(39)30(5,6)41-26-11-10-24(19-36-26)31(32,33)34)25(23-9-7-8-22(16-23)18-35)17-21-12-14-38(15-13-21)28(40)42-29(2,3)4/h7-11,16,19-21,25H,12-15,17H2,1-6H3,(H,37,39). The van der Waals surface area contributed by atoms with E-state index in [4.69, 9.17) is 9.47 Å². The molecule has 8 nitrogen and oxygen atoms in total. The molecule has 1 fully saturated rings. The van der Waals surface area contributed by atoms with Crippen molar-refractivity contribution in [3.05, 3.63) is 59.3 Å². The third kappa shape index (κ3) is 9.10. The Hall–Kier alpha value is -3.81. The first-order valence-electron chi connectivity index (χ1n) is 14.0. The lowest BCUT2D eigenvalue weighted by Gasteiger charge is -2.36. The van der Waals surface area contributed by atoms with Crippen LogP contribution in [-0.4, -0.2) is 52.2 Å². The lowest BCUT2D eigenvalue weighted by molar-refractivity contribution is -0.138.